The van der Waals surface area contributed by atoms with Gasteiger partial charge in [0, 0.05) is 18.2 Å². The smallest absolute Gasteiger partial charge is 0.412 e. The van der Waals surface area contributed by atoms with Gasteiger partial charge in [-0.1, -0.05) is 30.4 Å². The van der Waals surface area contributed by atoms with E-state index in [1.54, 1.807) is 80.8 Å². The van der Waals surface area contributed by atoms with Crippen molar-refractivity contribution < 1.29 is 33.6 Å². The lowest BCUT2D eigenvalue weighted by Gasteiger charge is -2.18. The number of aliphatic hydroxyl groups is 1. The molecule has 176 valence electrons. The number of hydrogen-bond acceptors (Lipinski definition) is 7. The van der Waals surface area contributed by atoms with Crippen LogP contribution in [0.1, 0.15) is 25.0 Å². The van der Waals surface area contributed by atoms with Gasteiger partial charge < -0.3 is 24.1 Å². The first-order chi connectivity index (χ1) is 16.0. The first-order valence-corrected chi connectivity index (χ1v) is 10.5. The van der Waals surface area contributed by atoms with Crippen molar-refractivity contribution in [1.82, 2.24) is 0 Å². The highest BCUT2D eigenvalue weighted by Gasteiger charge is 2.16. The van der Waals surface area contributed by atoms with Gasteiger partial charge in [0.05, 0.1) is 20.3 Å². The lowest BCUT2D eigenvalue weighted by molar-refractivity contribution is -0.137. The molecule has 8 nitrogen and oxygen atoms in total. The molecule has 1 amide bonds. The summed E-state index contributed by atoms with van der Waals surface area (Å²) in [5.74, 6) is 0.853. The van der Waals surface area contributed by atoms with Crippen LogP contribution in [0.4, 0.5) is 10.5 Å². The van der Waals surface area contributed by atoms with Gasteiger partial charge in [0.1, 0.15) is 24.2 Å². The van der Waals surface area contributed by atoms with Gasteiger partial charge in [-0.15, -0.1) is 0 Å². The van der Waals surface area contributed by atoms with Crippen LogP contribution in [-0.4, -0.2) is 44.1 Å². The summed E-state index contributed by atoms with van der Waals surface area (Å²) in [6.45, 7) is 2.16. The molecule has 2 aromatic rings. The molecule has 33 heavy (non-hydrogen) atoms. The van der Waals surface area contributed by atoms with E-state index in [9.17, 15) is 9.59 Å². The lowest BCUT2D eigenvalue weighted by atomic mass is 10.1. The molecular formula is C25H29NO7. The van der Waals surface area contributed by atoms with Gasteiger partial charge in [0.25, 0.3) is 0 Å². The molecule has 0 saturated heterocycles. The molecule has 8 heteroatoms. The Balaban J connectivity index is 2.06. The SMILES string of the molecule is CCOC(=O)/C=C/C=C/C[C@H](OC(=O)Nc1ccc(OC)cc1)c1ccc(OCCO)cc1. The number of aliphatic hydroxyl groups excluding tert-OH is 1. The van der Waals surface area contributed by atoms with Crippen molar-refractivity contribution in [2.24, 2.45) is 0 Å². The first kappa shape index (κ1) is 25.5. The molecule has 0 radical (unpaired) electrons. The molecule has 1 atom stereocenters. The Hall–Kier alpha value is -3.78. The number of methoxy groups -OCH3 is 1. The van der Waals surface area contributed by atoms with E-state index in [2.05, 4.69) is 5.32 Å². The molecule has 0 spiro atoms. The molecular weight excluding hydrogens is 426 g/mol. The average molecular weight is 456 g/mol. The number of benzene rings is 2. The van der Waals surface area contributed by atoms with Gasteiger partial charge in [-0.05, 0) is 48.9 Å². The Bertz CT molecular complexity index is 921. The largest absolute Gasteiger partial charge is 0.497 e. The summed E-state index contributed by atoms with van der Waals surface area (Å²) in [4.78, 5) is 23.9. The summed E-state index contributed by atoms with van der Waals surface area (Å²) >= 11 is 0. The van der Waals surface area contributed by atoms with Crippen LogP contribution in [-0.2, 0) is 14.3 Å². The summed E-state index contributed by atoms with van der Waals surface area (Å²) in [6.07, 6.45) is 5.55. The number of carbonyl (C=O) groups excluding carboxylic acids is 2. The molecule has 2 aromatic carbocycles. The van der Waals surface area contributed by atoms with Crippen molar-refractivity contribution in [3.8, 4) is 11.5 Å². The normalized spacial score (nSPS) is 11.8. The Kier molecular flexibility index (Phi) is 11.1. The zero-order valence-electron chi connectivity index (χ0n) is 18.7. The molecule has 0 aliphatic heterocycles. The number of hydrogen-bond donors (Lipinski definition) is 2. The predicted molar refractivity (Wildman–Crippen MR) is 124 cm³/mol. The van der Waals surface area contributed by atoms with Crippen LogP contribution in [0.25, 0.3) is 0 Å². The third kappa shape index (κ3) is 9.49. The van der Waals surface area contributed by atoms with E-state index >= 15 is 0 Å². The lowest BCUT2D eigenvalue weighted by Crippen LogP contribution is -2.17. The van der Waals surface area contributed by atoms with Gasteiger partial charge in [-0.3, -0.25) is 5.32 Å². The van der Waals surface area contributed by atoms with Crippen LogP contribution >= 0.6 is 0 Å². The minimum absolute atomic E-state index is 0.0802. The Morgan fingerprint density at radius 3 is 2.36 bits per heavy atom. The summed E-state index contributed by atoms with van der Waals surface area (Å²) in [5.41, 5.74) is 1.33. The maximum Gasteiger partial charge on any atom is 0.412 e. The zero-order valence-corrected chi connectivity index (χ0v) is 18.7. The highest BCUT2D eigenvalue weighted by atomic mass is 16.6. The van der Waals surface area contributed by atoms with Crippen LogP contribution in [0, 0.1) is 0 Å². The number of esters is 1. The first-order valence-electron chi connectivity index (χ1n) is 10.5. The molecule has 0 heterocycles. The van der Waals surface area contributed by atoms with Gasteiger partial charge in [0.15, 0.2) is 0 Å². The standard InChI is InChI=1S/C25H29NO7/c1-3-31-24(28)8-6-4-5-7-23(19-9-13-22(14-10-19)32-18-17-27)33-25(29)26-20-11-15-21(30-2)16-12-20/h4-6,8-16,23,27H,3,7,17-18H2,1-2H3,(H,26,29)/b5-4+,8-6+/t23-/m0/s1. The van der Waals surface area contributed by atoms with E-state index in [0.29, 0.717) is 30.2 Å². The molecule has 0 bridgehead atoms. The second-order valence-corrected chi connectivity index (χ2v) is 6.66. The molecule has 0 unspecified atom stereocenters. The van der Waals surface area contributed by atoms with Crippen molar-refractivity contribution in [3.63, 3.8) is 0 Å². The fourth-order valence-corrected chi connectivity index (χ4v) is 2.75. The fourth-order valence-electron chi connectivity index (χ4n) is 2.75. The van der Waals surface area contributed by atoms with E-state index < -0.39 is 18.2 Å². The minimum Gasteiger partial charge on any atom is -0.497 e. The second-order valence-electron chi connectivity index (χ2n) is 6.66. The third-order valence-electron chi connectivity index (χ3n) is 4.31. The van der Waals surface area contributed by atoms with Gasteiger partial charge >= 0.3 is 12.1 Å². The van der Waals surface area contributed by atoms with Crippen molar-refractivity contribution in [2.75, 3.05) is 32.2 Å². The van der Waals surface area contributed by atoms with E-state index in [-0.39, 0.29) is 13.2 Å². The number of ether oxygens (including phenoxy) is 4. The summed E-state index contributed by atoms with van der Waals surface area (Å²) in [6, 6.07) is 14.0. The van der Waals surface area contributed by atoms with Crippen LogP contribution in [0.2, 0.25) is 0 Å². The van der Waals surface area contributed by atoms with E-state index in [1.165, 1.54) is 6.08 Å². The molecule has 0 aromatic heterocycles. The fraction of sp³-hybridized carbons (Fsp3) is 0.280. The number of rotatable bonds is 12. The van der Waals surface area contributed by atoms with E-state index in [0.717, 1.165) is 5.56 Å². The zero-order chi connectivity index (χ0) is 23.9. The molecule has 0 aliphatic carbocycles. The maximum absolute atomic E-state index is 12.5. The molecule has 2 rings (SSSR count). The number of carbonyl (C=O) groups is 2. The number of anilines is 1. The minimum atomic E-state index is -0.610. The monoisotopic (exact) mass is 455 g/mol. The van der Waals surface area contributed by atoms with E-state index in [4.69, 9.17) is 24.1 Å². The van der Waals surface area contributed by atoms with Crippen molar-refractivity contribution in [2.45, 2.75) is 19.4 Å². The molecule has 0 fully saturated rings. The van der Waals surface area contributed by atoms with Crippen molar-refractivity contribution in [1.29, 1.82) is 0 Å². The highest BCUT2D eigenvalue weighted by Crippen LogP contribution is 2.25. The number of allylic oxidation sites excluding steroid dienone is 2. The average Bonchev–Trinajstić information content (AvgIpc) is 2.83. The Morgan fingerprint density at radius 2 is 1.73 bits per heavy atom. The third-order valence-corrected chi connectivity index (χ3v) is 4.31. The Labute approximate surface area is 193 Å². The summed E-state index contributed by atoms with van der Waals surface area (Å²) < 4.78 is 21.0. The summed E-state index contributed by atoms with van der Waals surface area (Å²) in [5, 5.41) is 11.6. The molecule has 0 saturated carbocycles. The van der Waals surface area contributed by atoms with Crippen LogP contribution < -0.4 is 14.8 Å². The quantitative estimate of drug-likeness (QED) is 0.277. The van der Waals surface area contributed by atoms with Crippen LogP contribution in [0.5, 0.6) is 11.5 Å². The second kappa shape index (κ2) is 14.3. The number of nitrogens with one attached hydrogen (secondary N) is 1. The van der Waals surface area contributed by atoms with Crippen molar-refractivity contribution >= 4 is 17.7 Å². The van der Waals surface area contributed by atoms with Crippen LogP contribution in [0.15, 0.2) is 72.8 Å². The van der Waals surface area contributed by atoms with Gasteiger partial charge in [-0.2, -0.15) is 0 Å². The Morgan fingerprint density at radius 1 is 1.03 bits per heavy atom. The predicted octanol–water partition coefficient (Wildman–Crippen LogP) is 4.42. The molecule has 0 aliphatic rings. The van der Waals surface area contributed by atoms with E-state index in [1.807, 2.05) is 0 Å². The van der Waals surface area contributed by atoms with Gasteiger partial charge in [-0.25, -0.2) is 9.59 Å². The maximum atomic E-state index is 12.5. The van der Waals surface area contributed by atoms with Crippen LogP contribution in [0.3, 0.4) is 0 Å². The van der Waals surface area contributed by atoms with Gasteiger partial charge in [0.2, 0.25) is 0 Å². The number of amides is 1. The van der Waals surface area contributed by atoms with Crippen molar-refractivity contribution in [3.05, 3.63) is 78.4 Å². The molecule has 2 N–H and O–H groups in total. The topological polar surface area (TPSA) is 103 Å². The highest BCUT2D eigenvalue weighted by molar-refractivity contribution is 5.84. The summed E-state index contributed by atoms with van der Waals surface area (Å²) in [7, 11) is 1.57.